The minimum absolute atomic E-state index is 0.0965. The lowest BCUT2D eigenvalue weighted by molar-refractivity contribution is -0.139. The number of benzene rings is 1. The van der Waals surface area contributed by atoms with Crippen LogP contribution in [-0.4, -0.2) is 36.7 Å². The number of hydrogen-bond acceptors (Lipinski definition) is 4. The van der Waals surface area contributed by atoms with Gasteiger partial charge >= 0.3 is 5.97 Å². The number of rotatable bonds is 6. The van der Waals surface area contributed by atoms with Gasteiger partial charge in [-0.1, -0.05) is 11.6 Å². The number of aryl methyl sites for hydroxylation is 1. The average molecular weight is 291 g/mol. The van der Waals surface area contributed by atoms with Gasteiger partial charge in [-0.05, 0) is 25.1 Å². The molecule has 0 fully saturated rings. The number of nitrogens with one attached hydrogen (secondary N) is 1. The molecule has 1 aromatic carbocycles. The third kappa shape index (κ3) is 3.61. The zero-order chi connectivity index (χ0) is 15.4. The number of fused-ring (bicyclic) bond motifs is 1. The molecule has 1 aromatic heterocycles. The summed E-state index contributed by atoms with van der Waals surface area (Å²) in [4.78, 5) is 23.2. The Kier molecular flexibility index (Phi) is 4.59. The Morgan fingerprint density at radius 2 is 2.14 bits per heavy atom. The maximum absolute atomic E-state index is 12.1. The number of furan rings is 1. The van der Waals surface area contributed by atoms with Gasteiger partial charge in [0.2, 0.25) is 0 Å². The van der Waals surface area contributed by atoms with Gasteiger partial charge in [0, 0.05) is 25.5 Å². The van der Waals surface area contributed by atoms with Gasteiger partial charge in [0.15, 0.2) is 5.76 Å². The molecule has 2 N–H and O–H groups in total. The molecule has 0 saturated carbocycles. The zero-order valence-corrected chi connectivity index (χ0v) is 11.9. The van der Waals surface area contributed by atoms with E-state index in [4.69, 9.17) is 14.3 Å². The Labute approximate surface area is 121 Å². The molecule has 2 rings (SSSR count). The largest absolute Gasteiger partial charge is 0.480 e. The van der Waals surface area contributed by atoms with Crippen molar-refractivity contribution in [2.24, 2.45) is 0 Å². The lowest BCUT2D eigenvalue weighted by atomic mass is 10.2. The molecule has 1 amide bonds. The number of carbonyl (C=O) groups is 2. The van der Waals surface area contributed by atoms with Crippen LogP contribution in [0.25, 0.3) is 11.0 Å². The molecular formula is C15H17NO5. The first-order chi connectivity index (χ1) is 10.0. The smallest absolute Gasteiger partial charge is 0.326 e. The Hall–Kier alpha value is -2.34. The van der Waals surface area contributed by atoms with Gasteiger partial charge in [0.25, 0.3) is 5.91 Å². The number of carboxylic acids is 1. The van der Waals surface area contributed by atoms with Gasteiger partial charge in [-0.2, -0.15) is 0 Å². The summed E-state index contributed by atoms with van der Waals surface area (Å²) in [6, 6.07) is 6.15. The number of amides is 1. The fraction of sp³-hybridized carbons (Fsp3) is 0.333. The summed E-state index contributed by atoms with van der Waals surface area (Å²) in [6.45, 7) is 2.19. The molecule has 0 aliphatic carbocycles. The fourth-order valence-electron chi connectivity index (χ4n) is 2.00. The predicted molar refractivity (Wildman–Crippen MR) is 76.3 cm³/mol. The van der Waals surface area contributed by atoms with Crippen LogP contribution in [0.15, 0.2) is 28.7 Å². The predicted octanol–water partition coefficient (Wildman–Crippen LogP) is 1.96. The first kappa shape index (κ1) is 15.1. The topological polar surface area (TPSA) is 88.8 Å². The third-order valence-corrected chi connectivity index (χ3v) is 3.11. The van der Waals surface area contributed by atoms with Crippen LogP contribution >= 0.6 is 0 Å². The highest BCUT2D eigenvalue weighted by atomic mass is 16.5. The summed E-state index contributed by atoms with van der Waals surface area (Å²) in [6.07, 6.45) is 0.191. The molecule has 0 spiro atoms. The fourth-order valence-corrected chi connectivity index (χ4v) is 2.00. The third-order valence-electron chi connectivity index (χ3n) is 3.11. The molecule has 6 nitrogen and oxygen atoms in total. The molecule has 6 heteroatoms. The standard InChI is InChI=1S/C15H17NO5/c1-9-3-4-12-10(7-9)8-13(21-12)14(17)16-11(15(18)19)5-6-20-2/h3-4,7-8,11H,5-6H2,1-2H3,(H,16,17)(H,18,19). The quantitative estimate of drug-likeness (QED) is 0.849. The van der Waals surface area contributed by atoms with E-state index >= 15 is 0 Å². The first-order valence-electron chi connectivity index (χ1n) is 6.54. The highest BCUT2D eigenvalue weighted by molar-refractivity contribution is 5.98. The van der Waals surface area contributed by atoms with Crippen molar-refractivity contribution >= 4 is 22.8 Å². The molecule has 0 aliphatic heterocycles. The van der Waals surface area contributed by atoms with E-state index in [0.29, 0.717) is 5.58 Å². The van der Waals surface area contributed by atoms with Crippen molar-refractivity contribution in [2.75, 3.05) is 13.7 Å². The van der Waals surface area contributed by atoms with Crippen LogP contribution in [0.5, 0.6) is 0 Å². The Bertz CT molecular complexity index is 661. The SMILES string of the molecule is COCCC(NC(=O)c1cc2cc(C)ccc2o1)C(=O)O. The number of ether oxygens (including phenoxy) is 1. The molecule has 0 radical (unpaired) electrons. The highest BCUT2D eigenvalue weighted by Crippen LogP contribution is 2.20. The second-order valence-corrected chi connectivity index (χ2v) is 4.80. The van der Waals surface area contributed by atoms with E-state index < -0.39 is 17.9 Å². The number of carboxylic acid groups (broad SMARTS) is 1. The number of methoxy groups -OCH3 is 1. The Balaban J connectivity index is 2.15. The molecule has 1 atom stereocenters. The van der Waals surface area contributed by atoms with Gasteiger partial charge in [0.05, 0.1) is 0 Å². The van der Waals surface area contributed by atoms with Crippen LogP contribution in [0.1, 0.15) is 22.5 Å². The molecule has 1 heterocycles. The van der Waals surface area contributed by atoms with Crippen molar-refractivity contribution in [3.8, 4) is 0 Å². The Morgan fingerprint density at radius 1 is 1.38 bits per heavy atom. The molecule has 1 unspecified atom stereocenters. The molecular weight excluding hydrogens is 274 g/mol. The first-order valence-corrected chi connectivity index (χ1v) is 6.54. The maximum atomic E-state index is 12.1. The van der Waals surface area contributed by atoms with Crippen molar-refractivity contribution in [2.45, 2.75) is 19.4 Å². The maximum Gasteiger partial charge on any atom is 0.326 e. The summed E-state index contributed by atoms with van der Waals surface area (Å²) in [5.74, 6) is -1.56. The zero-order valence-electron chi connectivity index (χ0n) is 11.9. The van der Waals surface area contributed by atoms with E-state index in [1.165, 1.54) is 7.11 Å². The summed E-state index contributed by atoms with van der Waals surface area (Å²) >= 11 is 0. The summed E-state index contributed by atoms with van der Waals surface area (Å²) in [5, 5.41) is 12.3. The van der Waals surface area contributed by atoms with Crippen LogP contribution in [0.3, 0.4) is 0 Å². The Morgan fingerprint density at radius 3 is 2.81 bits per heavy atom. The molecule has 0 saturated heterocycles. The van der Waals surface area contributed by atoms with E-state index in [1.54, 1.807) is 12.1 Å². The normalized spacial score (nSPS) is 12.3. The molecule has 0 aliphatic rings. The summed E-state index contributed by atoms with van der Waals surface area (Å²) in [5.41, 5.74) is 1.65. The summed E-state index contributed by atoms with van der Waals surface area (Å²) < 4.78 is 10.3. The minimum atomic E-state index is -1.10. The number of aliphatic carboxylic acids is 1. The van der Waals surface area contributed by atoms with Crippen LogP contribution in [0.4, 0.5) is 0 Å². The van der Waals surface area contributed by atoms with Crippen molar-refractivity contribution in [1.82, 2.24) is 5.32 Å². The lowest BCUT2D eigenvalue weighted by Gasteiger charge is -2.12. The molecule has 112 valence electrons. The number of hydrogen-bond donors (Lipinski definition) is 2. The van der Waals surface area contributed by atoms with Crippen LogP contribution < -0.4 is 5.32 Å². The van der Waals surface area contributed by atoms with Crippen molar-refractivity contribution in [3.63, 3.8) is 0 Å². The van der Waals surface area contributed by atoms with Gasteiger partial charge in [0.1, 0.15) is 11.6 Å². The monoisotopic (exact) mass is 291 g/mol. The van der Waals surface area contributed by atoms with Gasteiger partial charge in [-0.15, -0.1) is 0 Å². The van der Waals surface area contributed by atoms with Crippen molar-refractivity contribution in [1.29, 1.82) is 0 Å². The summed E-state index contributed by atoms with van der Waals surface area (Å²) in [7, 11) is 1.47. The van der Waals surface area contributed by atoms with E-state index in [2.05, 4.69) is 5.32 Å². The van der Waals surface area contributed by atoms with Crippen molar-refractivity contribution in [3.05, 3.63) is 35.6 Å². The van der Waals surface area contributed by atoms with E-state index in [9.17, 15) is 9.59 Å². The van der Waals surface area contributed by atoms with Gasteiger partial charge in [-0.25, -0.2) is 4.79 Å². The second-order valence-electron chi connectivity index (χ2n) is 4.80. The van der Waals surface area contributed by atoms with E-state index in [0.717, 1.165) is 10.9 Å². The second kappa shape index (κ2) is 6.41. The van der Waals surface area contributed by atoms with Crippen molar-refractivity contribution < 1.29 is 23.8 Å². The minimum Gasteiger partial charge on any atom is -0.480 e. The highest BCUT2D eigenvalue weighted by Gasteiger charge is 2.22. The van der Waals surface area contributed by atoms with Crippen LogP contribution in [0, 0.1) is 6.92 Å². The molecule has 21 heavy (non-hydrogen) atoms. The van der Waals surface area contributed by atoms with Gasteiger partial charge < -0.3 is 19.6 Å². The average Bonchev–Trinajstić information content (AvgIpc) is 2.85. The lowest BCUT2D eigenvalue weighted by Crippen LogP contribution is -2.41. The molecule has 2 aromatic rings. The van der Waals surface area contributed by atoms with E-state index in [-0.39, 0.29) is 18.8 Å². The van der Waals surface area contributed by atoms with E-state index in [1.807, 2.05) is 19.1 Å². The van der Waals surface area contributed by atoms with Gasteiger partial charge in [-0.3, -0.25) is 4.79 Å². The molecule has 0 bridgehead atoms. The number of carbonyl (C=O) groups excluding carboxylic acids is 1. The van der Waals surface area contributed by atoms with Crippen LogP contribution in [0.2, 0.25) is 0 Å². The van der Waals surface area contributed by atoms with Crippen LogP contribution in [-0.2, 0) is 9.53 Å².